The molecule has 1 fully saturated rings. The predicted octanol–water partition coefficient (Wildman–Crippen LogP) is 2.07. The normalized spacial score (nSPS) is 17.4. The number of amides is 2. The molecule has 104 valence electrons. The smallest absolute Gasteiger partial charge is 0.317 e. The zero-order valence-electron chi connectivity index (χ0n) is 11.7. The molecule has 2 N–H and O–H groups in total. The highest BCUT2D eigenvalue weighted by molar-refractivity contribution is 5.79. The Bertz CT molecular complexity index is 331. The summed E-state index contributed by atoms with van der Waals surface area (Å²) in [7, 11) is 0. The molecule has 1 heterocycles. The topological polar surface area (TPSA) is 69.6 Å². The number of likely N-dealkylation sites (tertiary alicyclic amines) is 1. The number of hydrogen-bond acceptors (Lipinski definition) is 2. The minimum Gasteiger partial charge on any atom is -0.481 e. The molecule has 2 amide bonds. The van der Waals surface area contributed by atoms with Gasteiger partial charge in [0.1, 0.15) is 0 Å². The Morgan fingerprint density at radius 1 is 1.06 bits per heavy atom. The zero-order chi connectivity index (χ0) is 14.0. The van der Waals surface area contributed by atoms with E-state index in [1.807, 2.05) is 0 Å². The van der Waals surface area contributed by atoms with Crippen LogP contribution in [0, 0.1) is 5.41 Å². The van der Waals surface area contributed by atoms with Crippen molar-refractivity contribution in [1.82, 2.24) is 10.2 Å². The van der Waals surface area contributed by atoms with Crippen LogP contribution in [-0.2, 0) is 4.79 Å². The van der Waals surface area contributed by atoms with E-state index in [-0.39, 0.29) is 6.03 Å². The van der Waals surface area contributed by atoms with Gasteiger partial charge < -0.3 is 15.3 Å². The summed E-state index contributed by atoms with van der Waals surface area (Å²) < 4.78 is 0. The molecule has 0 aromatic carbocycles. The van der Waals surface area contributed by atoms with Crippen LogP contribution in [0.5, 0.6) is 0 Å². The van der Waals surface area contributed by atoms with Crippen molar-refractivity contribution >= 4 is 12.0 Å². The van der Waals surface area contributed by atoms with Gasteiger partial charge in [0, 0.05) is 13.1 Å². The Labute approximate surface area is 109 Å². The number of nitrogens with one attached hydrogen (secondary N) is 1. The summed E-state index contributed by atoms with van der Waals surface area (Å²) in [6.07, 6.45) is 3.21. The maximum atomic E-state index is 12.1. The summed E-state index contributed by atoms with van der Waals surface area (Å²) in [5.41, 5.74) is -1.81. The molecular weight excluding hydrogens is 232 g/mol. The summed E-state index contributed by atoms with van der Waals surface area (Å²) in [6, 6.07) is -0.158. The third-order valence-electron chi connectivity index (χ3n) is 4.16. The van der Waals surface area contributed by atoms with E-state index in [4.69, 9.17) is 0 Å². The Hall–Kier alpha value is -1.26. The summed E-state index contributed by atoms with van der Waals surface area (Å²) in [5.74, 6) is -0.911. The summed E-state index contributed by atoms with van der Waals surface area (Å²) in [4.78, 5) is 25.1. The van der Waals surface area contributed by atoms with Crippen LogP contribution in [-0.4, -0.2) is 40.6 Å². The average molecular weight is 256 g/mol. The largest absolute Gasteiger partial charge is 0.481 e. The lowest BCUT2D eigenvalue weighted by Crippen LogP contribution is -2.60. The number of rotatable bonds is 3. The number of carboxylic acids is 1. The highest BCUT2D eigenvalue weighted by atomic mass is 16.4. The van der Waals surface area contributed by atoms with Gasteiger partial charge in [-0.25, -0.2) is 4.79 Å². The van der Waals surface area contributed by atoms with Crippen molar-refractivity contribution in [2.75, 3.05) is 13.1 Å². The molecule has 1 saturated heterocycles. The fraction of sp³-hybridized carbons (Fsp3) is 0.846. The summed E-state index contributed by atoms with van der Waals surface area (Å²) in [5, 5.41) is 12.1. The second-order valence-electron chi connectivity index (χ2n) is 6.03. The fourth-order valence-corrected chi connectivity index (χ4v) is 1.87. The molecule has 0 aromatic rings. The van der Waals surface area contributed by atoms with Gasteiger partial charge in [-0.05, 0) is 47.0 Å². The molecule has 0 aliphatic carbocycles. The van der Waals surface area contributed by atoms with Crippen molar-refractivity contribution in [2.24, 2.45) is 5.41 Å². The lowest BCUT2D eigenvalue weighted by Gasteiger charge is -2.40. The molecule has 0 unspecified atom stereocenters. The average Bonchev–Trinajstić information content (AvgIpc) is 2.29. The van der Waals surface area contributed by atoms with Gasteiger partial charge >= 0.3 is 12.0 Å². The van der Waals surface area contributed by atoms with Gasteiger partial charge in [0.05, 0.1) is 11.0 Å². The highest BCUT2D eigenvalue weighted by Gasteiger charge is 2.45. The molecule has 0 bridgehead atoms. The van der Waals surface area contributed by atoms with Gasteiger partial charge in [0.15, 0.2) is 0 Å². The fourth-order valence-electron chi connectivity index (χ4n) is 1.87. The van der Waals surface area contributed by atoms with Gasteiger partial charge in [0.2, 0.25) is 0 Å². The van der Waals surface area contributed by atoms with Crippen molar-refractivity contribution in [3.05, 3.63) is 0 Å². The maximum absolute atomic E-state index is 12.1. The summed E-state index contributed by atoms with van der Waals surface area (Å²) >= 11 is 0. The molecule has 0 atom stereocenters. The SMILES string of the molecule is CC(C)(NC(=O)N1CCCCC1)C(C)(C)C(=O)O. The number of nitrogens with zero attached hydrogens (tertiary/aromatic N) is 1. The van der Waals surface area contributed by atoms with E-state index in [9.17, 15) is 14.7 Å². The third-order valence-corrected chi connectivity index (χ3v) is 4.16. The molecule has 5 heteroatoms. The second kappa shape index (κ2) is 5.16. The molecule has 5 nitrogen and oxygen atoms in total. The van der Waals surface area contributed by atoms with Crippen LogP contribution in [0.3, 0.4) is 0 Å². The first-order valence-electron chi connectivity index (χ1n) is 6.49. The van der Waals surface area contributed by atoms with Crippen molar-refractivity contribution in [3.8, 4) is 0 Å². The monoisotopic (exact) mass is 256 g/mol. The molecular formula is C13H24N2O3. The number of carbonyl (C=O) groups is 2. The number of carboxylic acid groups (broad SMARTS) is 1. The van der Waals surface area contributed by atoms with E-state index in [1.165, 1.54) is 0 Å². The number of urea groups is 1. The predicted molar refractivity (Wildman–Crippen MR) is 69.5 cm³/mol. The molecule has 0 spiro atoms. The van der Waals surface area contributed by atoms with Crippen LogP contribution in [0.15, 0.2) is 0 Å². The van der Waals surface area contributed by atoms with E-state index in [2.05, 4.69) is 5.32 Å². The zero-order valence-corrected chi connectivity index (χ0v) is 11.7. The van der Waals surface area contributed by atoms with Gasteiger partial charge in [0.25, 0.3) is 0 Å². The van der Waals surface area contributed by atoms with Crippen molar-refractivity contribution < 1.29 is 14.7 Å². The lowest BCUT2D eigenvalue weighted by molar-refractivity contribution is -0.150. The van der Waals surface area contributed by atoms with Crippen molar-refractivity contribution in [1.29, 1.82) is 0 Å². The van der Waals surface area contributed by atoms with Crippen molar-refractivity contribution in [3.63, 3.8) is 0 Å². The van der Waals surface area contributed by atoms with Crippen LogP contribution in [0.25, 0.3) is 0 Å². The Kier molecular flexibility index (Phi) is 4.24. The molecule has 0 saturated carbocycles. The molecule has 0 radical (unpaired) electrons. The molecule has 18 heavy (non-hydrogen) atoms. The van der Waals surface area contributed by atoms with Gasteiger partial charge in [-0.3, -0.25) is 4.79 Å². The van der Waals surface area contributed by atoms with Crippen LogP contribution in [0.4, 0.5) is 4.79 Å². The van der Waals surface area contributed by atoms with Gasteiger partial charge in [-0.15, -0.1) is 0 Å². The van der Waals surface area contributed by atoms with Gasteiger partial charge in [-0.1, -0.05) is 0 Å². The van der Waals surface area contributed by atoms with Crippen LogP contribution in [0.1, 0.15) is 47.0 Å². The first kappa shape index (κ1) is 14.8. The molecule has 1 aliphatic heterocycles. The Morgan fingerprint density at radius 3 is 2.00 bits per heavy atom. The van der Waals surface area contributed by atoms with Crippen molar-refractivity contribution in [2.45, 2.75) is 52.5 Å². The minimum absolute atomic E-state index is 0.158. The quantitative estimate of drug-likeness (QED) is 0.812. The lowest BCUT2D eigenvalue weighted by atomic mass is 9.74. The van der Waals surface area contributed by atoms with Crippen LogP contribution < -0.4 is 5.32 Å². The van der Waals surface area contributed by atoms with E-state index < -0.39 is 16.9 Å². The van der Waals surface area contributed by atoms with E-state index in [1.54, 1.807) is 32.6 Å². The first-order chi connectivity index (χ1) is 8.18. The number of piperidine rings is 1. The standard InChI is InChI=1S/C13H24N2O3/c1-12(2,10(16)17)13(3,4)14-11(18)15-8-6-5-7-9-15/h5-9H2,1-4H3,(H,14,18)(H,16,17). The summed E-state index contributed by atoms with van der Waals surface area (Å²) in [6.45, 7) is 8.29. The molecule has 0 aromatic heterocycles. The number of carbonyl (C=O) groups excluding carboxylic acids is 1. The second-order valence-corrected chi connectivity index (χ2v) is 6.03. The van der Waals surface area contributed by atoms with E-state index in [0.29, 0.717) is 0 Å². The van der Waals surface area contributed by atoms with Crippen LogP contribution in [0.2, 0.25) is 0 Å². The Morgan fingerprint density at radius 2 is 1.56 bits per heavy atom. The van der Waals surface area contributed by atoms with Gasteiger partial charge in [-0.2, -0.15) is 0 Å². The molecule has 1 aliphatic rings. The highest BCUT2D eigenvalue weighted by Crippen LogP contribution is 2.31. The third kappa shape index (κ3) is 2.94. The number of aliphatic carboxylic acids is 1. The van der Waals surface area contributed by atoms with Crippen LogP contribution >= 0.6 is 0 Å². The number of hydrogen-bond donors (Lipinski definition) is 2. The minimum atomic E-state index is -1.02. The van der Waals surface area contributed by atoms with E-state index in [0.717, 1.165) is 32.4 Å². The maximum Gasteiger partial charge on any atom is 0.317 e. The Balaban J connectivity index is 2.70. The van der Waals surface area contributed by atoms with E-state index >= 15 is 0 Å². The first-order valence-corrected chi connectivity index (χ1v) is 6.49. The molecule has 1 rings (SSSR count).